The first kappa shape index (κ1) is 53.2. The second-order valence-corrected chi connectivity index (χ2v) is 16.0. The molecule has 2 unspecified atom stereocenters. The van der Waals surface area contributed by atoms with Gasteiger partial charge in [-0.15, -0.1) is 0 Å². The van der Waals surface area contributed by atoms with Gasteiger partial charge in [0.1, 0.15) is 6.10 Å². The highest BCUT2D eigenvalue weighted by atomic mass is 31.2. The van der Waals surface area contributed by atoms with Crippen molar-refractivity contribution in [2.75, 3.05) is 33.0 Å². The summed E-state index contributed by atoms with van der Waals surface area (Å²) in [6.07, 6.45) is 52.5. The van der Waals surface area contributed by atoms with Gasteiger partial charge in [0.05, 0.1) is 19.8 Å². The number of phosphoric ester groups is 1. The molecule has 0 saturated heterocycles. The summed E-state index contributed by atoms with van der Waals surface area (Å²) in [5.74, 6) is -0.335. The van der Waals surface area contributed by atoms with Crippen molar-refractivity contribution in [1.82, 2.24) is 0 Å². The van der Waals surface area contributed by atoms with Crippen LogP contribution in [-0.4, -0.2) is 49.9 Å². The molecule has 9 heteroatoms. The summed E-state index contributed by atoms with van der Waals surface area (Å²) in [4.78, 5) is 22.4. The lowest BCUT2D eigenvalue weighted by molar-refractivity contribution is -0.154. The third kappa shape index (κ3) is 43.2. The van der Waals surface area contributed by atoms with E-state index in [-0.39, 0.29) is 32.3 Å². The molecule has 2 atom stereocenters. The Morgan fingerprint density at radius 1 is 0.564 bits per heavy atom. The predicted molar refractivity (Wildman–Crippen MR) is 233 cm³/mol. The van der Waals surface area contributed by atoms with Gasteiger partial charge in [0, 0.05) is 19.6 Å². The van der Waals surface area contributed by atoms with Gasteiger partial charge in [-0.2, -0.15) is 0 Å². The molecule has 0 saturated carbocycles. The number of carbonyl (C=O) groups excluding carboxylic acids is 1. The molecule has 0 aliphatic carbocycles. The van der Waals surface area contributed by atoms with Gasteiger partial charge in [-0.05, 0) is 57.8 Å². The lowest BCUT2D eigenvalue weighted by atomic mass is 10.1. The molecule has 0 aromatic carbocycles. The SMILES string of the molecule is CC/C=C\C/C=C\C/C=C\C/C=C\C/C=C\CCCCCCCCCCCCOCC(COP(=O)(O)OCCN)OC(=O)CCCCCCCCCCCC. The molecule has 0 rings (SSSR count). The van der Waals surface area contributed by atoms with E-state index in [1.807, 2.05) is 0 Å². The number of hydrogen-bond donors (Lipinski definition) is 2. The molecule has 8 nitrogen and oxygen atoms in total. The quantitative estimate of drug-likeness (QED) is 0.0271. The maximum atomic E-state index is 12.5. The lowest BCUT2D eigenvalue weighted by Crippen LogP contribution is -2.28. The molecule has 0 aliphatic rings. The molecule has 3 N–H and O–H groups in total. The fourth-order valence-electron chi connectivity index (χ4n) is 5.96. The van der Waals surface area contributed by atoms with Crippen molar-refractivity contribution in [2.45, 2.75) is 193 Å². The number of carbonyl (C=O) groups is 1. The Labute approximate surface area is 338 Å². The number of esters is 1. The minimum absolute atomic E-state index is 0.0973. The van der Waals surface area contributed by atoms with Crippen molar-refractivity contribution in [2.24, 2.45) is 5.73 Å². The Morgan fingerprint density at radius 2 is 1.02 bits per heavy atom. The van der Waals surface area contributed by atoms with E-state index < -0.39 is 13.9 Å². The van der Waals surface area contributed by atoms with Crippen LogP contribution >= 0.6 is 7.82 Å². The normalized spacial score (nSPS) is 14.0. The molecule has 0 fully saturated rings. The van der Waals surface area contributed by atoms with Crippen LogP contribution in [0.25, 0.3) is 0 Å². The smallest absolute Gasteiger partial charge is 0.457 e. The molecule has 0 bridgehead atoms. The van der Waals surface area contributed by atoms with Gasteiger partial charge < -0.3 is 20.1 Å². The molecular formula is C46H84NO7P. The molecule has 0 radical (unpaired) electrons. The fraction of sp³-hybridized carbons (Fsp3) is 0.761. The van der Waals surface area contributed by atoms with E-state index in [2.05, 4.69) is 74.6 Å². The highest BCUT2D eigenvalue weighted by Crippen LogP contribution is 2.43. The van der Waals surface area contributed by atoms with Gasteiger partial charge in [0.25, 0.3) is 0 Å². The molecule has 55 heavy (non-hydrogen) atoms. The van der Waals surface area contributed by atoms with Gasteiger partial charge in [-0.25, -0.2) is 4.57 Å². The van der Waals surface area contributed by atoms with Crippen molar-refractivity contribution >= 4 is 13.8 Å². The van der Waals surface area contributed by atoms with Gasteiger partial charge in [0.15, 0.2) is 0 Å². The number of nitrogens with two attached hydrogens (primary N) is 1. The molecule has 0 aliphatic heterocycles. The first-order valence-corrected chi connectivity index (χ1v) is 23.8. The van der Waals surface area contributed by atoms with E-state index in [0.717, 1.165) is 64.2 Å². The van der Waals surface area contributed by atoms with Crippen LogP contribution in [0.2, 0.25) is 0 Å². The van der Waals surface area contributed by atoms with E-state index >= 15 is 0 Å². The van der Waals surface area contributed by atoms with Gasteiger partial charge >= 0.3 is 13.8 Å². The Kier molecular flexibility index (Phi) is 41.9. The van der Waals surface area contributed by atoms with E-state index in [1.165, 1.54) is 103 Å². The molecule has 0 aromatic rings. The van der Waals surface area contributed by atoms with Crippen LogP contribution in [0, 0.1) is 0 Å². The van der Waals surface area contributed by atoms with Gasteiger partial charge in [0.2, 0.25) is 0 Å². The van der Waals surface area contributed by atoms with Crippen LogP contribution in [0.15, 0.2) is 60.8 Å². The van der Waals surface area contributed by atoms with Crippen LogP contribution in [0.1, 0.15) is 187 Å². The van der Waals surface area contributed by atoms with Gasteiger partial charge in [-0.1, -0.05) is 184 Å². The van der Waals surface area contributed by atoms with Crippen molar-refractivity contribution in [3.05, 3.63) is 60.8 Å². The standard InChI is InChI=1S/C46H84NO7P/c1-3-5-7-9-11-13-15-16-17-18-19-20-21-22-23-24-25-26-27-28-29-30-32-34-36-38-41-51-43-45(44-53-55(49,50)52-42-40-47)54-46(48)39-37-35-33-31-14-12-10-8-6-4-2/h5,7,11,13,16-17,19-20,22-23,45H,3-4,6,8-10,12,14-15,18,21,24-44,47H2,1-2H3,(H,49,50)/b7-5-,13-11-,17-16-,20-19-,23-22-. The lowest BCUT2D eigenvalue weighted by Gasteiger charge is -2.20. The second-order valence-electron chi connectivity index (χ2n) is 14.5. The van der Waals surface area contributed by atoms with Gasteiger partial charge in [-0.3, -0.25) is 13.8 Å². The average molecular weight is 794 g/mol. The molecule has 0 heterocycles. The minimum atomic E-state index is -4.27. The topological polar surface area (TPSA) is 117 Å². The fourth-order valence-corrected chi connectivity index (χ4v) is 6.73. The highest BCUT2D eigenvalue weighted by molar-refractivity contribution is 7.47. The summed E-state index contributed by atoms with van der Waals surface area (Å²) in [6.45, 7) is 4.78. The van der Waals surface area contributed by atoms with E-state index in [4.69, 9.17) is 24.3 Å². The summed E-state index contributed by atoms with van der Waals surface area (Å²) < 4.78 is 33.4. The zero-order valence-corrected chi connectivity index (χ0v) is 36.3. The summed E-state index contributed by atoms with van der Waals surface area (Å²) in [5, 5.41) is 0. The Morgan fingerprint density at radius 3 is 1.53 bits per heavy atom. The van der Waals surface area contributed by atoms with Crippen LogP contribution in [0.3, 0.4) is 0 Å². The first-order chi connectivity index (χ1) is 26.9. The van der Waals surface area contributed by atoms with E-state index in [0.29, 0.717) is 13.0 Å². The average Bonchev–Trinajstić information content (AvgIpc) is 3.17. The van der Waals surface area contributed by atoms with Crippen molar-refractivity contribution < 1.29 is 32.8 Å². The van der Waals surface area contributed by atoms with Crippen LogP contribution in [-0.2, 0) is 27.9 Å². The van der Waals surface area contributed by atoms with E-state index in [9.17, 15) is 14.3 Å². The molecule has 0 aromatic heterocycles. The highest BCUT2D eigenvalue weighted by Gasteiger charge is 2.25. The van der Waals surface area contributed by atoms with E-state index in [1.54, 1.807) is 0 Å². The number of allylic oxidation sites excluding steroid dienone is 10. The van der Waals surface area contributed by atoms with Crippen LogP contribution in [0.4, 0.5) is 0 Å². The maximum Gasteiger partial charge on any atom is 0.472 e. The zero-order valence-electron chi connectivity index (χ0n) is 35.4. The minimum Gasteiger partial charge on any atom is -0.457 e. The number of phosphoric acid groups is 1. The zero-order chi connectivity index (χ0) is 40.2. The summed E-state index contributed by atoms with van der Waals surface area (Å²) in [7, 11) is -4.27. The summed E-state index contributed by atoms with van der Waals surface area (Å²) in [6, 6.07) is 0. The van der Waals surface area contributed by atoms with Crippen LogP contribution < -0.4 is 5.73 Å². The number of ether oxygens (including phenoxy) is 2. The first-order valence-electron chi connectivity index (χ1n) is 22.3. The maximum absolute atomic E-state index is 12.5. The Balaban J connectivity index is 3.92. The number of hydrogen-bond acceptors (Lipinski definition) is 7. The predicted octanol–water partition coefficient (Wildman–Crippen LogP) is 13.4. The van der Waals surface area contributed by atoms with Crippen molar-refractivity contribution in [1.29, 1.82) is 0 Å². The summed E-state index contributed by atoms with van der Waals surface area (Å²) >= 11 is 0. The van der Waals surface area contributed by atoms with Crippen molar-refractivity contribution in [3.8, 4) is 0 Å². The van der Waals surface area contributed by atoms with Crippen molar-refractivity contribution in [3.63, 3.8) is 0 Å². The second kappa shape index (κ2) is 43.3. The number of unbranched alkanes of at least 4 members (excludes halogenated alkanes) is 19. The molecular weight excluding hydrogens is 709 g/mol. The third-order valence-corrected chi connectivity index (χ3v) is 10.2. The Bertz CT molecular complexity index is 1030. The summed E-state index contributed by atoms with van der Waals surface area (Å²) in [5.41, 5.74) is 5.36. The van der Waals surface area contributed by atoms with Crippen LogP contribution in [0.5, 0.6) is 0 Å². The molecule has 0 amide bonds. The largest absolute Gasteiger partial charge is 0.472 e. The molecule has 0 spiro atoms. The monoisotopic (exact) mass is 794 g/mol. The third-order valence-electron chi connectivity index (χ3n) is 9.20. The molecule has 320 valence electrons. The number of rotatable bonds is 42. The Hall–Kier alpha value is -1.80.